The molecule has 0 aliphatic heterocycles. The number of halogens is 3. The summed E-state index contributed by atoms with van der Waals surface area (Å²) in [6, 6.07) is 3.43. The quantitative estimate of drug-likeness (QED) is 0.683. The van der Waals surface area contributed by atoms with Crippen LogP contribution in [0.15, 0.2) is 30.6 Å². The molecule has 1 aromatic carbocycles. The maximum atomic E-state index is 13.4. The molecule has 0 atom stereocenters. The van der Waals surface area contributed by atoms with Crippen LogP contribution in [0.25, 0.3) is 22.2 Å². The van der Waals surface area contributed by atoms with Crippen LogP contribution in [0, 0.1) is 23.4 Å². The molecule has 7 heteroatoms. The molecule has 124 valence electrons. The third-order valence-corrected chi connectivity index (χ3v) is 3.76. The summed E-state index contributed by atoms with van der Waals surface area (Å²) < 4.78 is 41.4. The van der Waals surface area contributed by atoms with Crippen LogP contribution in [0.3, 0.4) is 0 Å². The second kappa shape index (κ2) is 6.07. The van der Waals surface area contributed by atoms with Crippen molar-refractivity contribution in [3.05, 3.63) is 48.0 Å². The second-order valence-electron chi connectivity index (χ2n) is 5.81. The van der Waals surface area contributed by atoms with Crippen molar-refractivity contribution in [3.8, 4) is 11.1 Å². The molecule has 2 aromatic heterocycles. The number of rotatable bonds is 4. The Morgan fingerprint density at radius 3 is 2.38 bits per heavy atom. The molecule has 0 fully saturated rings. The fraction of sp³-hybridized carbons (Fsp3) is 0.235. The molecule has 0 amide bonds. The van der Waals surface area contributed by atoms with Gasteiger partial charge < -0.3 is 0 Å². The summed E-state index contributed by atoms with van der Waals surface area (Å²) in [6.45, 7) is 3.67. The Morgan fingerprint density at radius 1 is 1.08 bits per heavy atom. The molecule has 3 aromatic rings. The smallest absolute Gasteiger partial charge is 0.194 e. The SMILES string of the molecule is CC(C)C(=O)Cn1ncc2ncc(-c3cc(F)c(F)c(F)c3)cc21. The number of ketones is 1. The number of aromatic nitrogens is 3. The first-order valence-electron chi connectivity index (χ1n) is 7.36. The minimum absolute atomic E-state index is 0.00396. The van der Waals surface area contributed by atoms with Crippen molar-refractivity contribution in [1.82, 2.24) is 14.8 Å². The van der Waals surface area contributed by atoms with Gasteiger partial charge in [0.1, 0.15) is 12.1 Å². The first kappa shape index (κ1) is 16.2. The van der Waals surface area contributed by atoms with E-state index in [0.717, 1.165) is 12.1 Å². The fourth-order valence-electron chi connectivity index (χ4n) is 2.29. The van der Waals surface area contributed by atoms with E-state index < -0.39 is 17.5 Å². The van der Waals surface area contributed by atoms with Gasteiger partial charge in [0, 0.05) is 17.7 Å². The van der Waals surface area contributed by atoms with Crippen LogP contribution in [0.1, 0.15) is 13.8 Å². The zero-order valence-corrected chi connectivity index (χ0v) is 13.1. The van der Waals surface area contributed by atoms with E-state index in [1.165, 1.54) is 17.1 Å². The van der Waals surface area contributed by atoms with E-state index in [4.69, 9.17) is 0 Å². The van der Waals surface area contributed by atoms with Crippen LogP contribution in [-0.4, -0.2) is 20.5 Å². The van der Waals surface area contributed by atoms with Gasteiger partial charge in [-0.3, -0.25) is 14.5 Å². The van der Waals surface area contributed by atoms with Gasteiger partial charge >= 0.3 is 0 Å². The van der Waals surface area contributed by atoms with Gasteiger partial charge in [-0.25, -0.2) is 13.2 Å². The highest BCUT2D eigenvalue weighted by Crippen LogP contribution is 2.26. The van der Waals surface area contributed by atoms with Crippen LogP contribution in [0.5, 0.6) is 0 Å². The van der Waals surface area contributed by atoms with Gasteiger partial charge in [0.25, 0.3) is 0 Å². The molecule has 4 nitrogen and oxygen atoms in total. The fourth-order valence-corrected chi connectivity index (χ4v) is 2.29. The summed E-state index contributed by atoms with van der Waals surface area (Å²) in [6.07, 6.45) is 2.93. The Kier molecular flexibility index (Phi) is 4.09. The molecular weight excluding hydrogens is 319 g/mol. The van der Waals surface area contributed by atoms with E-state index in [2.05, 4.69) is 10.1 Å². The highest BCUT2D eigenvalue weighted by molar-refractivity contribution is 5.84. The number of carbonyl (C=O) groups excluding carboxylic acids is 1. The number of nitrogens with zero attached hydrogens (tertiary/aromatic N) is 3. The predicted molar refractivity (Wildman–Crippen MR) is 82.7 cm³/mol. The van der Waals surface area contributed by atoms with Crippen LogP contribution in [-0.2, 0) is 11.3 Å². The molecule has 0 aliphatic rings. The first-order valence-corrected chi connectivity index (χ1v) is 7.36. The van der Waals surface area contributed by atoms with E-state index >= 15 is 0 Å². The number of Topliss-reactive ketones (excluding diaryl/α,β-unsaturated/α-hetero) is 1. The predicted octanol–water partition coefficient (Wildman–Crippen LogP) is 3.74. The lowest BCUT2D eigenvalue weighted by atomic mass is 10.1. The number of carbonyl (C=O) groups is 1. The zero-order valence-electron chi connectivity index (χ0n) is 13.1. The van der Waals surface area contributed by atoms with Gasteiger partial charge in [0.2, 0.25) is 0 Å². The van der Waals surface area contributed by atoms with Gasteiger partial charge in [0.15, 0.2) is 23.2 Å². The molecule has 0 saturated carbocycles. The second-order valence-corrected chi connectivity index (χ2v) is 5.81. The maximum absolute atomic E-state index is 13.4. The Morgan fingerprint density at radius 2 is 1.75 bits per heavy atom. The minimum Gasteiger partial charge on any atom is -0.297 e. The van der Waals surface area contributed by atoms with Gasteiger partial charge in [-0.2, -0.15) is 5.10 Å². The van der Waals surface area contributed by atoms with Crippen LogP contribution >= 0.6 is 0 Å². The Labute approximate surface area is 135 Å². The highest BCUT2D eigenvalue weighted by Gasteiger charge is 2.15. The molecule has 0 N–H and O–H groups in total. The third kappa shape index (κ3) is 2.89. The number of pyridine rings is 1. The van der Waals surface area contributed by atoms with Crippen molar-refractivity contribution in [2.24, 2.45) is 5.92 Å². The standard InChI is InChI=1S/C17H14F3N3O/c1-9(2)16(24)8-23-15-5-11(6-21-14(15)7-22-23)10-3-12(18)17(20)13(19)4-10/h3-7,9H,8H2,1-2H3. The highest BCUT2D eigenvalue weighted by atomic mass is 19.2. The van der Waals surface area contributed by atoms with E-state index in [9.17, 15) is 18.0 Å². The van der Waals surface area contributed by atoms with E-state index in [1.54, 1.807) is 19.9 Å². The molecule has 0 radical (unpaired) electrons. The summed E-state index contributed by atoms with van der Waals surface area (Å²) in [5, 5.41) is 4.13. The molecule has 24 heavy (non-hydrogen) atoms. The summed E-state index contributed by atoms with van der Waals surface area (Å²) in [5.41, 5.74) is 1.67. The Balaban J connectivity index is 2.06. The van der Waals surface area contributed by atoms with Crippen molar-refractivity contribution in [1.29, 1.82) is 0 Å². The van der Waals surface area contributed by atoms with Crippen molar-refractivity contribution in [2.75, 3.05) is 0 Å². The first-order chi connectivity index (χ1) is 11.4. The molecule has 2 heterocycles. The monoisotopic (exact) mass is 333 g/mol. The van der Waals surface area contributed by atoms with E-state index in [0.29, 0.717) is 16.6 Å². The van der Waals surface area contributed by atoms with Crippen molar-refractivity contribution >= 4 is 16.8 Å². The maximum Gasteiger partial charge on any atom is 0.194 e. The topological polar surface area (TPSA) is 47.8 Å². The van der Waals surface area contributed by atoms with E-state index in [1.807, 2.05) is 0 Å². The van der Waals surface area contributed by atoms with Crippen LogP contribution in [0.4, 0.5) is 13.2 Å². The van der Waals surface area contributed by atoms with Gasteiger partial charge in [-0.15, -0.1) is 0 Å². The number of fused-ring (bicyclic) bond motifs is 1. The zero-order chi connectivity index (χ0) is 17.4. The number of hydrogen-bond acceptors (Lipinski definition) is 3. The number of hydrogen-bond donors (Lipinski definition) is 0. The molecule has 0 unspecified atom stereocenters. The van der Waals surface area contributed by atoms with Gasteiger partial charge in [0.05, 0.1) is 11.7 Å². The van der Waals surface area contributed by atoms with Crippen LogP contribution in [0.2, 0.25) is 0 Å². The Hall–Kier alpha value is -2.70. The van der Waals surface area contributed by atoms with Crippen molar-refractivity contribution < 1.29 is 18.0 Å². The summed E-state index contributed by atoms with van der Waals surface area (Å²) in [4.78, 5) is 16.1. The lowest BCUT2D eigenvalue weighted by molar-refractivity contribution is -0.122. The third-order valence-electron chi connectivity index (χ3n) is 3.76. The Bertz CT molecular complexity index is 911. The van der Waals surface area contributed by atoms with E-state index in [-0.39, 0.29) is 23.8 Å². The molecule has 0 saturated heterocycles. The summed E-state index contributed by atoms with van der Waals surface area (Å²) in [5.74, 6) is -4.19. The van der Waals surface area contributed by atoms with Crippen molar-refractivity contribution in [3.63, 3.8) is 0 Å². The lowest BCUT2D eigenvalue weighted by Crippen LogP contribution is -2.16. The summed E-state index contributed by atoms with van der Waals surface area (Å²) >= 11 is 0. The number of benzene rings is 1. The normalized spacial score (nSPS) is 11.4. The molecule has 0 bridgehead atoms. The molecular formula is C17H14F3N3O. The lowest BCUT2D eigenvalue weighted by Gasteiger charge is -2.07. The average molecular weight is 333 g/mol. The molecule has 0 spiro atoms. The van der Waals surface area contributed by atoms with Gasteiger partial charge in [-0.05, 0) is 23.8 Å². The van der Waals surface area contributed by atoms with Crippen molar-refractivity contribution in [2.45, 2.75) is 20.4 Å². The average Bonchev–Trinajstić information content (AvgIpc) is 2.94. The summed E-state index contributed by atoms with van der Waals surface area (Å²) in [7, 11) is 0. The molecule has 3 rings (SSSR count). The van der Waals surface area contributed by atoms with Crippen LogP contribution < -0.4 is 0 Å². The minimum atomic E-state index is -1.51. The largest absolute Gasteiger partial charge is 0.297 e. The van der Waals surface area contributed by atoms with Gasteiger partial charge in [-0.1, -0.05) is 13.8 Å². The molecule has 0 aliphatic carbocycles.